The molecule has 0 radical (unpaired) electrons. The fourth-order valence-corrected chi connectivity index (χ4v) is 2.64. The van der Waals surface area contributed by atoms with E-state index in [4.69, 9.17) is 0 Å². The number of urea groups is 1. The molecule has 0 aliphatic carbocycles. The molecule has 6 heteroatoms. The van der Waals surface area contributed by atoms with E-state index in [1.54, 1.807) is 0 Å². The van der Waals surface area contributed by atoms with E-state index in [1.165, 1.54) is 0 Å². The van der Waals surface area contributed by atoms with Crippen molar-refractivity contribution >= 4 is 23.0 Å². The summed E-state index contributed by atoms with van der Waals surface area (Å²) in [6.45, 7) is 14.1. The van der Waals surface area contributed by atoms with Crippen molar-refractivity contribution in [3.8, 4) is 0 Å². The molecule has 3 amide bonds. The van der Waals surface area contributed by atoms with Crippen molar-refractivity contribution in [3.05, 3.63) is 0 Å². The number of hydrogen-bond donors (Lipinski definition) is 4. The maximum absolute atomic E-state index is 12.2. The molecule has 0 aromatic rings. The Labute approximate surface area is 145 Å². The fourth-order valence-electron chi connectivity index (χ4n) is 2.18. The van der Waals surface area contributed by atoms with Crippen LogP contribution >= 0.6 is 11.1 Å². The van der Waals surface area contributed by atoms with Crippen molar-refractivity contribution in [1.29, 1.82) is 0 Å². The Morgan fingerprint density at radius 1 is 1.00 bits per heavy atom. The average molecular weight is 348 g/mol. The summed E-state index contributed by atoms with van der Waals surface area (Å²) in [5.74, 6) is 0.310. The summed E-state index contributed by atoms with van der Waals surface area (Å²) >= 11 is -0.462. The third-order valence-corrected chi connectivity index (χ3v) is 4.42. The van der Waals surface area contributed by atoms with Crippen LogP contribution in [-0.4, -0.2) is 35.5 Å². The Morgan fingerprint density at radius 2 is 1.52 bits per heavy atom. The molecule has 0 fully saturated rings. The van der Waals surface area contributed by atoms with Crippen molar-refractivity contribution in [2.45, 2.75) is 72.4 Å². The van der Waals surface area contributed by atoms with Gasteiger partial charge in [-0.2, -0.15) is 11.1 Å². The first-order chi connectivity index (χ1) is 10.2. The van der Waals surface area contributed by atoms with E-state index in [1.807, 2.05) is 54.1 Å². The number of hydrogen-bond acceptors (Lipinski definition) is 2. The highest BCUT2D eigenvalue weighted by Crippen LogP contribution is 2.23. The van der Waals surface area contributed by atoms with Crippen LogP contribution in [0.2, 0.25) is 0 Å². The Hall–Kier alpha value is -0.910. The van der Waals surface area contributed by atoms with Gasteiger partial charge in [-0.25, -0.2) is 4.79 Å². The summed E-state index contributed by atoms with van der Waals surface area (Å²) in [6, 6.07) is -0.114. The molecule has 0 heterocycles. The normalized spacial score (nSPS) is 15.4. The smallest absolute Gasteiger partial charge is 0.323 e. The highest BCUT2D eigenvalue weighted by Gasteiger charge is 2.27. The van der Waals surface area contributed by atoms with Gasteiger partial charge < -0.3 is 15.4 Å². The summed E-state index contributed by atoms with van der Waals surface area (Å²) < 4.78 is 2.90. The lowest BCUT2D eigenvalue weighted by molar-refractivity contribution is -0.127. The molecular formula is C17H37N3O2S. The van der Waals surface area contributed by atoms with Crippen LogP contribution < -0.4 is 15.4 Å². The number of thiol groups is 1. The van der Waals surface area contributed by atoms with Crippen molar-refractivity contribution in [3.63, 3.8) is 0 Å². The zero-order valence-electron chi connectivity index (χ0n) is 16.3. The summed E-state index contributed by atoms with van der Waals surface area (Å²) in [6.07, 6.45) is 5.72. The SMILES string of the molecule is CC(CCC(C)(C)NC(=O)N[SH](C)C)C(C)C(=O)NC(C)(C)C. The first kappa shape index (κ1) is 22.1. The topological polar surface area (TPSA) is 70.2 Å². The van der Waals surface area contributed by atoms with Crippen LogP contribution in [0.5, 0.6) is 0 Å². The molecule has 2 unspecified atom stereocenters. The lowest BCUT2D eigenvalue weighted by atomic mass is 9.85. The number of carbonyl (C=O) groups excluding carboxylic acids is 2. The molecule has 138 valence electrons. The highest BCUT2D eigenvalue weighted by atomic mass is 32.2. The number of carbonyl (C=O) groups is 2. The zero-order chi connectivity index (χ0) is 18.4. The maximum Gasteiger partial charge on any atom is 0.323 e. The van der Waals surface area contributed by atoms with Gasteiger partial charge in [-0.3, -0.25) is 4.79 Å². The van der Waals surface area contributed by atoms with Gasteiger partial charge in [0.25, 0.3) is 0 Å². The number of rotatable bonds is 7. The molecule has 0 rings (SSSR count). The van der Waals surface area contributed by atoms with Crippen LogP contribution in [0.15, 0.2) is 0 Å². The largest absolute Gasteiger partial charge is 0.351 e. The predicted octanol–water partition coefficient (Wildman–Crippen LogP) is 3.21. The number of nitrogens with one attached hydrogen (secondary N) is 3. The Bertz CT molecular complexity index is 403. The third-order valence-electron chi connectivity index (χ3n) is 3.77. The second-order valence-electron chi connectivity index (χ2n) is 8.39. The minimum atomic E-state index is -0.462. The molecule has 23 heavy (non-hydrogen) atoms. The Morgan fingerprint density at radius 3 is 1.96 bits per heavy atom. The van der Waals surface area contributed by atoms with E-state index in [-0.39, 0.29) is 34.9 Å². The minimum Gasteiger partial charge on any atom is -0.351 e. The standard InChI is InChI=1S/C17H37N3O2S/c1-12(13(2)14(21)18-16(3,4)5)10-11-17(6,7)19-15(22)20-23(8)9/h12-13,23H,10-11H2,1-9H3,(H,18,21)(H2,19,20,22). The van der Waals surface area contributed by atoms with Crippen LogP contribution in [0.3, 0.4) is 0 Å². The van der Waals surface area contributed by atoms with Gasteiger partial charge in [0, 0.05) is 17.0 Å². The van der Waals surface area contributed by atoms with Crippen LogP contribution in [-0.2, 0) is 4.79 Å². The average Bonchev–Trinajstić information content (AvgIpc) is 2.31. The molecule has 0 saturated carbocycles. The highest BCUT2D eigenvalue weighted by molar-refractivity contribution is 8.14. The molecule has 5 nitrogen and oxygen atoms in total. The van der Waals surface area contributed by atoms with Crippen molar-refractivity contribution < 1.29 is 9.59 Å². The maximum atomic E-state index is 12.2. The molecule has 2 atom stereocenters. The lowest BCUT2D eigenvalue weighted by Gasteiger charge is -2.30. The van der Waals surface area contributed by atoms with Gasteiger partial charge in [0.05, 0.1) is 0 Å². The van der Waals surface area contributed by atoms with Crippen LogP contribution in [0.25, 0.3) is 0 Å². The fraction of sp³-hybridized carbons (Fsp3) is 0.882. The van der Waals surface area contributed by atoms with E-state index >= 15 is 0 Å². The first-order valence-electron chi connectivity index (χ1n) is 8.31. The summed E-state index contributed by atoms with van der Waals surface area (Å²) in [4.78, 5) is 24.1. The molecule has 0 spiro atoms. The van der Waals surface area contributed by atoms with Gasteiger partial charge in [-0.1, -0.05) is 13.8 Å². The van der Waals surface area contributed by atoms with E-state index in [2.05, 4.69) is 22.3 Å². The quantitative estimate of drug-likeness (QED) is 0.534. The molecule has 0 aromatic heterocycles. The van der Waals surface area contributed by atoms with Crippen LogP contribution in [0, 0.1) is 11.8 Å². The van der Waals surface area contributed by atoms with Gasteiger partial charge >= 0.3 is 6.03 Å². The van der Waals surface area contributed by atoms with Gasteiger partial charge in [0.1, 0.15) is 0 Å². The van der Waals surface area contributed by atoms with Gasteiger partial charge in [0.2, 0.25) is 5.91 Å². The van der Waals surface area contributed by atoms with Crippen molar-refractivity contribution in [1.82, 2.24) is 15.4 Å². The first-order valence-corrected chi connectivity index (χ1v) is 10.6. The van der Waals surface area contributed by atoms with Crippen LogP contribution in [0.4, 0.5) is 4.79 Å². The number of amides is 3. The van der Waals surface area contributed by atoms with Crippen molar-refractivity contribution in [2.75, 3.05) is 12.5 Å². The Kier molecular flexibility index (Phi) is 8.46. The van der Waals surface area contributed by atoms with Gasteiger partial charge in [0.15, 0.2) is 0 Å². The van der Waals surface area contributed by atoms with Crippen LogP contribution in [0.1, 0.15) is 61.3 Å². The monoisotopic (exact) mass is 347 g/mol. The Balaban J connectivity index is 4.42. The second kappa shape index (κ2) is 8.81. The van der Waals surface area contributed by atoms with Crippen molar-refractivity contribution in [2.24, 2.45) is 11.8 Å². The minimum absolute atomic E-state index is 0.0435. The molecule has 3 N–H and O–H groups in total. The van der Waals surface area contributed by atoms with E-state index in [9.17, 15) is 9.59 Å². The van der Waals surface area contributed by atoms with E-state index in [0.717, 1.165) is 12.8 Å². The molecule has 0 aliphatic rings. The molecule has 0 aliphatic heterocycles. The lowest BCUT2D eigenvalue weighted by Crippen LogP contribution is -2.48. The van der Waals surface area contributed by atoms with E-state index < -0.39 is 11.1 Å². The van der Waals surface area contributed by atoms with Gasteiger partial charge in [-0.15, -0.1) is 0 Å². The molecule has 0 saturated heterocycles. The molecule has 0 bridgehead atoms. The summed E-state index contributed by atoms with van der Waals surface area (Å²) in [5, 5.41) is 6.05. The van der Waals surface area contributed by atoms with Gasteiger partial charge in [-0.05, 0) is 65.9 Å². The summed E-state index contributed by atoms with van der Waals surface area (Å²) in [7, 11) is 0. The second-order valence-corrected chi connectivity index (χ2v) is 10.4. The zero-order valence-corrected chi connectivity index (χ0v) is 17.2. The molecule has 0 aromatic carbocycles. The van der Waals surface area contributed by atoms with E-state index in [0.29, 0.717) is 0 Å². The summed E-state index contributed by atoms with van der Waals surface area (Å²) in [5.41, 5.74) is -0.494. The molecular weight excluding hydrogens is 310 g/mol. The third kappa shape index (κ3) is 10.5. The predicted molar refractivity (Wildman–Crippen MR) is 102 cm³/mol.